The van der Waals surface area contributed by atoms with Crippen molar-refractivity contribution in [1.29, 1.82) is 0 Å². The summed E-state index contributed by atoms with van der Waals surface area (Å²) in [6, 6.07) is 0. The summed E-state index contributed by atoms with van der Waals surface area (Å²) in [6.07, 6.45) is 3.44. The van der Waals surface area contributed by atoms with Crippen LogP contribution >= 0.6 is 11.3 Å². The van der Waals surface area contributed by atoms with Gasteiger partial charge in [-0.15, -0.1) is 0 Å². The molecule has 0 amide bonds. The third-order valence-corrected chi connectivity index (χ3v) is 3.22. The molecule has 0 radical (unpaired) electrons. The number of ether oxygens (including phenoxy) is 1. The first-order valence-electron chi connectivity index (χ1n) is 4.98. The smallest absolute Gasteiger partial charge is 0.350 e. The number of H-pyrrole nitrogens is 1. The standard InChI is InChI=1S/C10H12N4O2S/c1-6-8(9(15)16-2)17-10(14-6)13-5-7-11-3-4-12-7/h3-4H,5H2,1-2H3,(H,11,12)(H,13,14). The Labute approximate surface area is 102 Å². The van der Waals surface area contributed by atoms with E-state index in [9.17, 15) is 4.79 Å². The predicted octanol–water partition coefficient (Wildman–Crippen LogP) is 1.57. The number of imidazole rings is 1. The molecule has 0 bridgehead atoms. The number of carbonyl (C=O) groups is 1. The number of carbonyl (C=O) groups excluding carboxylic acids is 1. The van der Waals surface area contributed by atoms with Gasteiger partial charge in [-0.1, -0.05) is 11.3 Å². The molecule has 2 rings (SSSR count). The number of hydrogen-bond acceptors (Lipinski definition) is 6. The quantitative estimate of drug-likeness (QED) is 0.807. The van der Waals surface area contributed by atoms with Gasteiger partial charge in [0.25, 0.3) is 0 Å². The Morgan fingerprint density at radius 2 is 2.47 bits per heavy atom. The summed E-state index contributed by atoms with van der Waals surface area (Å²) < 4.78 is 4.67. The average molecular weight is 252 g/mol. The SMILES string of the molecule is COC(=O)c1sc(NCc2ncc[nH]2)nc1C. The van der Waals surface area contributed by atoms with Gasteiger partial charge in [-0.05, 0) is 6.92 Å². The molecule has 0 aromatic carbocycles. The molecule has 0 fully saturated rings. The summed E-state index contributed by atoms with van der Waals surface area (Å²) in [7, 11) is 1.36. The molecule has 0 spiro atoms. The highest BCUT2D eigenvalue weighted by Gasteiger charge is 2.15. The Morgan fingerprint density at radius 1 is 1.65 bits per heavy atom. The van der Waals surface area contributed by atoms with Crippen molar-refractivity contribution in [3.63, 3.8) is 0 Å². The molecule has 2 aromatic heterocycles. The highest BCUT2D eigenvalue weighted by atomic mass is 32.1. The van der Waals surface area contributed by atoms with Crippen LogP contribution in [-0.2, 0) is 11.3 Å². The van der Waals surface area contributed by atoms with Crippen LogP contribution in [0, 0.1) is 6.92 Å². The molecule has 90 valence electrons. The van der Waals surface area contributed by atoms with Crippen molar-refractivity contribution in [3.05, 3.63) is 28.8 Å². The van der Waals surface area contributed by atoms with E-state index in [1.54, 1.807) is 19.3 Å². The summed E-state index contributed by atoms with van der Waals surface area (Å²) >= 11 is 1.28. The molecule has 2 aromatic rings. The van der Waals surface area contributed by atoms with Crippen molar-refractivity contribution in [3.8, 4) is 0 Å². The van der Waals surface area contributed by atoms with Crippen molar-refractivity contribution in [2.24, 2.45) is 0 Å². The molecule has 17 heavy (non-hydrogen) atoms. The summed E-state index contributed by atoms with van der Waals surface area (Å²) in [6.45, 7) is 2.32. The lowest BCUT2D eigenvalue weighted by Crippen LogP contribution is -2.00. The Hall–Kier alpha value is -1.89. The van der Waals surface area contributed by atoms with E-state index < -0.39 is 0 Å². The van der Waals surface area contributed by atoms with Crippen molar-refractivity contribution < 1.29 is 9.53 Å². The topological polar surface area (TPSA) is 79.9 Å². The fourth-order valence-corrected chi connectivity index (χ4v) is 2.19. The first kappa shape index (κ1) is 11.6. The minimum absolute atomic E-state index is 0.356. The number of aryl methyl sites for hydroxylation is 1. The van der Waals surface area contributed by atoms with Gasteiger partial charge >= 0.3 is 5.97 Å². The summed E-state index contributed by atoms with van der Waals surface area (Å²) in [4.78, 5) is 23.2. The van der Waals surface area contributed by atoms with Crippen LogP contribution in [0.25, 0.3) is 0 Å². The molecule has 0 saturated heterocycles. The van der Waals surface area contributed by atoms with Crippen LogP contribution in [0.4, 0.5) is 5.13 Å². The van der Waals surface area contributed by atoms with Crippen LogP contribution in [0.15, 0.2) is 12.4 Å². The number of hydrogen-bond donors (Lipinski definition) is 2. The number of rotatable bonds is 4. The highest BCUT2D eigenvalue weighted by molar-refractivity contribution is 7.17. The van der Waals surface area contributed by atoms with E-state index in [4.69, 9.17) is 0 Å². The van der Waals surface area contributed by atoms with Gasteiger partial charge in [0.2, 0.25) is 0 Å². The number of thiazole rings is 1. The highest BCUT2D eigenvalue weighted by Crippen LogP contribution is 2.23. The van der Waals surface area contributed by atoms with Gasteiger partial charge in [-0.2, -0.15) is 0 Å². The lowest BCUT2D eigenvalue weighted by Gasteiger charge is -1.97. The monoisotopic (exact) mass is 252 g/mol. The van der Waals surface area contributed by atoms with E-state index in [1.807, 2.05) is 0 Å². The number of aromatic nitrogens is 3. The Balaban J connectivity index is 2.05. The lowest BCUT2D eigenvalue weighted by molar-refractivity contribution is 0.0605. The molecule has 0 saturated carbocycles. The van der Waals surface area contributed by atoms with E-state index in [1.165, 1.54) is 18.4 Å². The fraction of sp³-hybridized carbons (Fsp3) is 0.300. The Kier molecular flexibility index (Phi) is 3.38. The minimum Gasteiger partial charge on any atom is -0.465 e. The molecule has 0 aliphatic rings. The van der Waals surface area contributed by atoms with Gasteiger partial charge in [-0.3, -0.25) is 0 Å². The first-order chi connectivity index (χ1) is 8.20. The molecule has 2 N–H and O–H groups in total. The fourth-order valence-electron chi connectivity index (χ4n) is 1.31. The molecule has 2 heterocycles. The van der Waals surface area contributed by atoms with Gasteiger partial charge in [0.1, 0.15) is 10.7 Å². The maximum Gasteiger partial charge on any atom is 0.350 e. The maximum atomic E-state index is 11.4. The Morgan fingerprint density at radius 3 is 3.12 bits per heavy atom. The zero-order valence-electron chi connectivity index (χ0n) is 9.48. The van der Waals surface area contributed by atoms with Gasteiger partial charge in [-0.25, -0.2) is 14.8 Å². The largest absolute Gasteiger partial charge is 0.465 e. The molecule has 0 aliphatic carbocycles. The predicted molar refractivity (Wildman–Crippen MR) is 64.1 cm³/mol. The van der Waals surface area contributed by atoms with Gasteiger partial charge in [0.05, 0.1) is 19.3 Å². The van der Waals surface area contributed by atoms with Crippen LogP contribution < -0.4 is 5.32 Å². The third kappa shape index (κ3) is 2.62. The molecular formula is C10H12N4O2S. The second-order valence-corrected chi connectivity index (χ2v) is 4.31. The van der Waals surface area contributed by atoms with Crippen LogP contribution in [0.1, 0.15) is 21.2 Å². The van der Waals surface area contributed by atoms with Gasteiger partial charge < -0.3 is 15.0 Å². The van der Waals surface area contributed by atoms with E-state index in [0.717, 1.165) is 5.82 Å². The molecule has 0 aliphatic heterocycles. The van der Waals surface area contributed by atoms with Crippen molar-refractivity contribution in [2.45, 2.75) is 13.5 Å². The molecule has 6 nitrogen and oxygen atoms in total. The van der Waals surface area contributed by atoms with Crippen LogP contribution in [0.3, 0.4) is 0 Å². The lowest BCUT2D eigenvalue weighted by atomic mass is 10.4. The van der Waals surface area contributed by atoms with E-state index in [2.05, 4.69) is 25.0 Å². The van der Waals surface area contributed by atoms with Crippen LogP contribution in [-0.4, -0.2) is 28.0 Å². The molecule has 0 unspecified atom stereocenters. The van der Waals surface area contributed by atoms with Gasteiger partial charge in [0.15, 0.2) is 5.13 Å². The number of anilines is 1. The van der Waals surface area contributed by atoms with Crippen LogP contribution in [0.2, 0.25) is 0 Å². The van der Waals surface area contributed by atoms with Crippen LogP contribution in [0.5, 0.6) is 0 Å². The first-order valence-corrected chi connectivity index (χ1v) is 5.80. The summed E-state index contributed by atoms with van der Waals surface area (Å²) in [5.41, 5.74) is 0.670. The minimum atomic E-state index is -0.356. The molecule has 0 atom stereocenters. The number of methoxy groups -OCH3 is 1. The number of nitrogens with one attached hydrogen (secondary N) is 2. The third-order valence-electron chi connectivity index (χ3n) is 2.13. The molecule has 7 heteroatoms. The number of aromatic amines is 1. The average Bonchev–Trinajstić information content (AvgIpc) is 2.94. The van der Waals surface area contributed by atoms with Crippen molar-refractivity contribution >= 4 is 22.4 Å². The number of esters is 1. The molecular weight excluding hydrogens is 240 g/mol. The van der Waals surface area contributed by atoms with E-state index >= 15 is 0 Å². The maximum absolute atomic E-state index is 11.4. The second-order valence-electron chi connectivity index (χ2n) is 3.31. The normalized spacial score (nSPS) is 10.2. The summed E-state index contributed by atoms with van der Waals surface area (Å²) in [5, 5.41) is 3.77. The zero-order valence-corrected chi connectivity index (χ0v) is 10.3. The number of nitrogens with zero attached hydrogens (tertiary/aromatic N) is 2. The zero-order chi connectivity index (χ0) is 12.3. The van der Waals surface area contributed by atoms with Gasteiger partial charge in [0, 0.05) is 12.4 Å². The summed E-state index contributed by atoms with van der Waals surface area (Å²) in [5.74, 6) is 0.462. The van der Waals surface area contributed by atoms with E-state index in [-0.39, 0.29) is 5.97 Å². The van der Waals surface area contributed by atoms with Crippen molar-refractivity contribution in [2.75, 3.05) is 12.4 Å². The van der Waals surface area contributed by atoms with Crippen molar-refractivity contribution in [1.82, 2.24) is 15.0 Å². The van der Waals surface area contributed by atoms with E-state index in [0.29, 0.717) is 22.2 Å². The second kappa shape index (κ2) is 4.96. The Bertz CT molecular complexity index is 506.